The molecule has 142 valence electrons. The van der Waals surface area contributed by atoms with E-state index < -0.39 is 0 Å². The van der Waals surface area contributed by atoms with E-state index in [1.54, 1.807) is 12.3 Å². The maximum Gasteiger partial charge on any atom is 0.248 e. The Morgan fingerprint density at radius 3 is 2.50 bits per heavy atom. The average Bonchev–Trinajstić information content (AvgIpc) is 3.23. The van der Waals surface area contributed by atoms with Gasteiger partial charge in [-0.2, -0.15) is 0 Å². The van der Waals surface area contributed by atoms with E-state index in [4.69, 9.17) is 0 Å². The molecule has 0 radical (unpaired) electrons. The molecule has 2 aliphatic heterocycles. The fourth-order valence-electron chi connectivity index (χ4n) is 5.22. The molecule has 3 aliphatic rings. The molecule has 26 heavy (non-hydrogen) atoms. The van der Waals surface area contributed by atoms with Gasteiger partial charge in [-0.3, -0.25) is 14.5 Å². The molecule has 1 aromatic heterocycles. The zero-order valence-electron chi connectivity index (χ0n) is 15.7. The van der Waals surface area contributed by atoms with Crippen molar-refractivity contribution >= 4 is 5.91 Å². The van der Waals surface area contributed by atoms with E-state index in [-0.39, 0.29) is 11.5 Å². The van der Waals surface area contributed by atoms with E-state index in [0.29, 0.717) is 11.8 Å². The Morgan fingerprint density at radius 1 is 1.00 bits per heavy atom. The molecule has 1 aliphatic carbocycles. The van der Waals surface area contributed by atoms with Crippen LogP contribution in [0.3, 0.4) is 0 Å². The third-order valence-electron chi connectivity index (χ3n) is 6.72. The molecule has 3 heterocycles. The Labute approximate surface area is 155 Å². The molecule has 1 N–H and O–H groups in total. The number of piperidine rings is 2. The molecule has 4 rings (SSSR count). The van der Waals surface area contributed by atoms with Gasteiger partial charge >= 0.3 is 0 Å². The van der Waals surface area contributed by atoms with E-state index in [9.17, 15) is 9.59 Å². The number of hydrogen-bond donors (Lipinski definition) is 1. The second-order valence-corrected chi connectivity index (χ2v) is 8.36. The van der Waals surface area contributed by atoms with Gasteiger partial charge in [-0.05, 0) is 62.6 Å². The van der Waals surface area contributed by atoms with Crippen LogP contribution in [0.15, 0.2) is 23.1 Å². The zero-order valence-corrected chi connectivity index (χ0v) is 15.7. The van der Waals surface area contributed by atoms with E-state index in [0.717, 1.165) is 56.9 Å². The fraction of sp³-hybridized carbons (Fsp3) is 0.714. The Morgan fingerprint density at radius 2 is 1.77 bits per heavy atom. The van der Waals surface area contributed by atoms with Crippen molar-refractivity contribution in [1.29, 1.82) is 0 Å². The minimum absolute atomic E-state index is 0.0322. The second-order valence-electron chi connectivity index (χ2n) is 8.36. The molecule has 1 saturated carbocycles. The summed E-state index contributed by atoms with van der Waals surface area (Å²) in [5.74, 6) is 0.972. The van der Waals surface area contributed by atoms with E-state index in [1.165, 1.54) is 32.2 Å². The van der Waals surface area contributed by atoms with Crippen LogP contribution in [-0.4, -0.2) is 52.9 Å². The summed E-state index contributed by atoms with van der Waals surface area (Å²) in [6, 6.07) is 4.44. The minimum atomic E-state index is -0.0322. The number of rotatable bonds is 3. The van der Waals surface area contributed by atoms with Gasteiger partial charge in [-0.25, -0.2) is 0 Å². The van der Waals surface area contributed by atoms with Crippen LogP contribution in [0.1, 0.15) is 62.8 Å². The quantitative estimate of drug-likeness (QED) is 0.905. The first-order chi connectivity index (χ1) is 12.7. The number of aromatic nitrogens is 1. The standard InChI is InChI=1S/C21H31N3O2/c25-20-14-17(7-10-22-20)16-8-12-23(13-9-16)21(26)18-4-3-11-24(15-18)19-5-1-2-6-19/h7,10,14,16,18-19H,1-6,8-9,11-13,15H2,(H,22,25). The van der Waals surface area contributed by atoms with Gasteiger partial charge in [0.25, 0.3) is 0 Å². The first kappa shape index (κ1) is 17.8. The van der Waals surface area contributed by atoms with Crippen molar-refractivity contribution in [3.8, 4) is 0 Å². The minimum Gasteiger partial charge on any atom is -0.342 e. The summed E-state index contributed by atoms with van der Waals surface area (Å²) in [7, 11) is 0. The van der Waals surface area contributed by atoms with Crippen molar-refractivity contribution in [1.82, 2.24) is 14.8 Å². The van der Waals surface area contributed by atoms with Gasteiger partial charge in [0.15, 0.2) is 0 Å². The molecule has 5 heteroatoms. The second kappa shape index (κ2) is 7.95. The van der Waals surface area contributed by atoms with Gasteiger partial charge < -0.3 is 9.88 Å². The van der Waals surface area contributed by atoms with E-state index in [1.807, 2.05) is 6.07 Å². The number of H-pyrrole nitrogens is 1. The number of nitrogens with one attached hydrogen (secondary N) is 1. The molecule has 1 unspecified atom stereocenters. The first-order valence-electron chi connectivity index (χ1n) is 10.4. The summed E-state index contributed by atoms with van der Waals surface area (Å²) < 4.78 is 0. The molecular weight excluding hydrogens is 326 g/mol. The number of hydrogen-bond acceptors (Lipinski definition) is 3. The number of carbonyl (C=O) groups excluding carboxylic acids is 1. The summed E-state index contributed by atoms with van der Waals surface area (Å²) in [5, 5.41) is 0. The lowest BCUT2D eigenvalue weighted by molar-refractivity contribution is -0.138. The number of likely N-dealkylation sites (tertiary alicyclic amines) is 2. The van der Waals surface area contributed by atoms with Gasteiger partial charge in [0.05, 0.1) is 5.92 Å². The molecule has 2 saturated heterocycles. The third-order valence-corrected chi connectivity index (χ3v) is 6.72. The molecule has 3 fully saturated rings. The molecular formula is C21H31N3O2. The van der Waals surface area contributed by atoms with Crippen molar-refractivity contribution in [3.63, 3.8) is 0 Å². The fourth-order valence-corrected chi connectivity index (χ4v) is 5.22. The van der Waals surface area contributed by atoms with Gasteiger partial charge in [0.1, 0.15) is 0 Å². The number of aromatic amines is 1. The Kier molecular flexibility index (Phi) is 5.44. The summed E-state index contributed by atoms with van der Waals surface area (Å²) in [4.78, 5) is 32.0. The van der Waals surface area contributed by atoms with Gasteiger partial charge in [0, 0.05) is 37.9 Å². The van der Waals surface area contributed by atoms with E-state index in [2.05, 4.69) is 14.8 Å². The molecule has 0 spiro atoms. The highest BCUT2D eigenvalue weighted by molar-refractivity contribution is 5.79. The van der Waals surface area contributed by atoms with Crippen LogP contribution in [0.5, 0.6) is 0 Å². The topological polar surface area (TPSA) is 56.4 Å². The average molecular weight is 357 g/mol. The Balaban J connectivity index is 1.32. The van der Waals surface area contributed by atoms with Crippen LogP contribution < -0.4 is 5.56 Å². The van der Waals surface area contributed by atoms with Crippen LogP contribution in [0.4, 0.5) is 0 Å². The predicted molar refractivity (Wildman–Crippen MR) is 102 cm³/mol. The van der Waals surface area contributed by atoms with Crippen LogP contribution >= 0.6 is 0 Å². The van der Waals surface area contributed by atoms with Gasteiger partial charge in [0.2, 0.25) is 11.5 Å². The molecule has 1 aromatic rings. The summed E-state index contributed by atoms with van der Waals surface area (Å²) in [6.07, 6.45) is 11.2. The third kappa shape index (κ3) is 3.88. The molecule has 0 bridgehead atoms. The number of nitrogens with zero attached hydrogens (tertiary/aromatic N) is 2. The lowest BCUT2D eigenvalue weighted by atomic mass is 9.88. The first-order valence-corrected chi connectivity index (χ1v) is 10.4. The highest BCUT2D eigenvalue weighted by Gasteiger charge is 2.34. The molecule has 1 amide bonds. The lowest BCUT2D eigenvalue weighted by Gasteiger charge is -2.39. The maximum atomic E-state index is 13.1. The van der Waals surface area contributed by atoms with Crippen molar-refractivity contribution < 1.29 is 4.79 Å². The number of pyridine rings is 1. The van der Waals surface area contributed by atoms with E-state index >= 15 is 0 Å². The maximum absolute atomic E-state index is 13.1. The molecule has 0 aromatic carbocycles. The summed E-state index contributed by atoms with van der Waals surface area (Å²) in [6.45, 7) is 3.81. The largest absolute Gasteiger partial charge is 0.342 e. The highest BCUT2D eigenvalue weighted by Crippen LogP contribution is 2.31. The molecule has 1 atom stereocenters. The predicted octanol–water partition coefficient (Wildman–Crippen LogP) is 2.74. The summed E-state index contributed by atoms with van der Waals surface area (Å²) >= 11 is 0. The van der Waals surface area contributed by atoms with Gasteiger partial charge in [-0.15, -0.1) is 0 Å². The van der Waals surface area contributed by atoms with Crippen molar-refractivity contribution in [2.45, 2.75) is 63.3 Å². The van der Waals surface area contributed by atoms with Gasteiger partial charge in [-0.1, -0.05) is 12.8 Å². The summed E-state index contributed by atoms with van der Waals surface area (Å²) in [5.41, 5.74) is 1.08. The smallest absolute Gasteiger partial charge is 0.248 e. The number of carbonyl (C=O) groups is 1. The van der Waals surface area contributed by atoms with Crippen LogP contribution in [0.25, 0.3) is 0 Å². The Hall–Kier alpha value is -1.62. The van der Waals surface area contributed by atoms with Crippen LogP contribution in [0.2, 0.25) is 0 Å². The van der Waals surface area contributed by atoms with Crippen molar-refractivity contribution in [2.75, 3.05) is 26.2 Å². The SMILES string of the molecule is O=C(C1CCCN(C2CCCC2)C1)N1CCC(c2cc[nH]c(=O)c2)CC1. The van der Waals surface area contributed by atoms with Crippen molar-refractivity contribution in [2.24, 2.45) is 5.92 Å². The lowest BCUT2D eigenvalue weighted by Crippen LogP contribution is -2.49. The van der Waals surface area contributed by atoms with Crippen molar-refractivity contribution in [3.05, 3.63) is 34.2 Å². The van der Waals surface area contributed by atoms with Crippen LogP contribution in [0, 0.1) is 5.92 Å². The monoisotopic (exact) mass is 357 g/mol. The Bertz CT molecular complexity index is 672. The normalized spacial score (nSPS) is 26.3. The van der Waals surface area contributed by atoms with Crippen LogP contribution in [-0.2, 0) is 4.79 Å². The molecule has 5 nitrogen and oxygen atoms in total. The zero-order chi connectivity index (χ0) is 17.9. The number of amides is 1. The highest BCUT2D eigenvalue weighted by atomic mass is 16.2.